The minimum atomic E-state index is -1.28. The summed E-state index contributed by atoms with van der Waals surface area (Å²) in [5.41, 5.74) is -0.0832. The first-order chi connectivity index (χ1) is 10.0. The van der Waals surface area contributed by atoms with Crippen LogP contribution in [0.4, 0.5) is 4.79 Å². The van der Waals surface area contributed by atoms with Gasteiger partial charge in [0, 0.05) is 11.4 Å². The Morgan fingerprint density at radius 3 is 2.41 bits per heavy atom. The molecule has 0 aromatic carbocycles. The third kappa shape index (κ3) is 5.28. The van der Waals surface area contributed by atoms with Crippen molar-refractivity contribution in [2.45, 2.75) is 45.5 Å². The number of aromatic carboxylic acids is 1. The molecule has 0 saturated carbocycles. The topological polar surface area (TPSA) is 116 Å². The van der Waals surface area contributed by atoms with E-state index in [-0.39, 0.29) is 11.4 Å². The van der Waals surface area contributed by atoms with E-state index in [4.69, 9.17) is 9.84 Å². The van der Waals surface area contributed by atoms with E-state index < -0.39 is 29.9 Å². The molecule has 22 heavy (non-hydrogen) atoms. The van der Waals surface area contributed by atoms with Gasteiger partial charge in [-0.05, 0) is 39.3 Å². The molecule has 8 heteroatoms. The number of carboxylic acid groups (broad SMARTS) is 1. The Morgan fingerprint density at radius 1 is 1.36 bits per heavy atom. The van der Waals surface area contributed by atoms with Gasteiger partial charge in [-0.2, -0.15) is 0 Å². The number of carboxylic acids is 1. The van der Waals surface area contributed by atoms with Gasteiger partial charge in [0.05, 0.1) is 0 Å². The van der Waals surface area contributed by atoms with E-state index in [1.54, 1.807) is 27.7 Å². The van der Waals surface area contributed by atoms with Gasteiger partial charge < -0.3 is 25.4 Å². The lowest BCUT2D eigenvalue weighted by atomic mass is 10.1. The highest BCUT2D eigenvalue weighted by Gasteiger charge is 2.25. The molecule has 2 atom stereocenters. The van der Waals surface area contributed by atoms with E-state index >= 15 is 0 Å². The summed E-state index contributed by atoms with van der Waals surface area (Å²) in [7, 11) is 0. The van der Waals surface area contributed by atoms with Crippen LogP contribution in [0.3, 0.4) is 0 Å². The van der Waals surface area contributed by atoms with Crippen molar-refractivity contribution in [3.63, 3.8) is 0 Å². The van der Waals surface area contributed by atoms with Gasteiger partial charge in [0.1, 0.15) is 22.7 Å². The summed E-state index contributed by atoms with van der Waals surface area (Å²) < 4.78 is 5.01. The molecule has 4 N–H and O–H groups in total. The average Bonchev–Trinajstić information content (AvgIpc) is 2.75. The number of ether oxygens (including phenoxy) is 1. The SMILES string of the molecule is Cc1cc(C(=O)O)sc1C(O)C(O)CNC(=O)OC(C)(C)C. The van der Waals surface area contributed by atoms with Crippen LogP contribution in [0.25, 0.3) is 0 Å². The summed E-state index contributed by atoms with van der Waals surface area (Å²) in [4.78, 5) is 22.8. The Labute approximate surface area is 132 Å². The number of hydrogen-bond donors (Lipinski definition) is 4. The summed E-state index contributed by atoms with van der Waals surface area (Å²) >= 11 is 0.895. The molecule has 1 heterocycles. The highest BCUT2D eigenvalue weighted by atomic mass is 32.1. The molecule has 0 saturated heterocycles. The molecule has 0 bridgehead atoms. The van der Waals surface area contributed by atoms with Gasteiger partial charge in [-0.25, -0.2) is 9.59 Å². The van der Waals surface area contributed by atoms with Gasteiger partial charge in [0.15, 0.2) is 0 Å². The van der Waals surface area contributed by atoms with E-state index in [0.717, 1.165) is 11.3 Å². The molecule has 2 unspecified atom stereocenters. The number of amides is 1. The molecular formula is C14H21NO6S. The van der Waals surface area contributed by atoms with Crippen molar-refractivity contribution < 1.29 is 29.6 Å². The molecule has 1 aromatic rings. The summed E-state index contributed by atoms with van der Waals surface area (Å²) in [5, 5.41) is 31.3. The number of aliphatic hydroxyl groups is 2. The van der Waals surface area contributed by atoms with Gasteiger partial charge in [0.2, 0.25) is 0 Å². The minimum absolute atomic E-state index is 0.0823. The van der Waals surface area contributed by atoms with Gasteiger partial charge >= 0.3 is 12.1 Å². The largest absolute Gasteiger partial charge is 0.477 e. The number of nitrogens with one attached hydrogen (secondary N) is 1. The zero-order chi connectivity index (χ0) is 17.1. The second-order valence-electron chi connectivity index (χ2n) is 5.86. The molecule has 1 rings (SSSR count). The Kier molecular flexibility index (Phi) is 5.92. The number of thiophene rings is 1. The monoisotopic (exact) mass is 331 g/mol. The van der Waals surface area contributed by atoms with Crippen LogP contribution in [0.1, 0.15) is 47.0 Å². The molecule has 0 aliphatic rings. The standard InChI is InChI=1S/C14H21NO6S/c1-7-5-9(12(18)19)22-11(7)10(17)8(16)6-15-13(20)21-14(2,3)4/h5,8,10,16-17H,6H2,1-4H3,(H,15,20)(H,18,19). The van der Waals surface area contributed by atoms with E-state index in [9.17, 15) is 19.8 Å². The van der Waals surface area contributed by atoms with Crippen molar-refractivity contribution >= 4 is 23.4 Å². The highest BCUT2D eigenvalue weighted by molar-refractivity contribution is 7.14. The first kappa shape index (κ1) is 18.4. The van der Waals surface area contributed by atoms with Crippen molar-refractivity contribution in [1.29, 1.82) is 0 Å². The Bertz CT molecular complexity index is 548. The molecule has 7 nitrogen and oxygen atoms in total. The zero-order valence-electron chi connectivity index (χ0n) is 12.9. The molecule has 0 aliphatic heterocycles. The van der Waals surface area contributed by atoms with Crippen molar-refractivity contribution in [2.24, 2.45) is 0 Å². The molecular weight excluding hydrogens is 310 g/mol. The number of carbonyl (C=O) groups excluding carboxylic acids is 1. The third-order valence-electron chi connectivity index (χ3n) is 2.65. The molecule has 0 fully saturated rings. The highest BCUT2D eigenvalue weighted by Crippen LogP contribution is 2.29. The van der Waals surface area contributed by atoms with E-state index in [1.807, 2.05) is 0 Å². The lowest BCUT2D eigenvalue weighted by molar-refractivity contribution is 0.0144. The van der Waals surface area contributed by atoms with Crippen LogP contribution in [-0.2, 0) is 4.74 Å². The smallest absolute Gasteiger partial charge is 0.407 e. The van der Waals surface area contributed by atoms with E-state index in [0.29, 0.717) is 10.4 Å². The number of carbonyl (C=O) groups is 2. The number of aryl methyl sites for hydroxylation is 1. The third-order valence-corrected chi connectivity index (χ3v) is 3.95. The van der Waals surface area contributed by atoms with Crippen molar-refractivity contribution in [1.82, 2.24) is 5.32 Å². The van der Waals surface area contributed by atoms with E-state index in [2.05, 4.69) is 5.32 Å². The maximum atomic E-state index is 11.5. The first-order valence-corrected chi connectivity index (χ1v) is 7.49. The van der Waals surface area contributed by atoms with Gasteiger partial charge in [-0.1, -0.05) is 0 Å². The molecule has 0 spiro atoms. The van der Waals surface area contributed by atoms with Crippen LogP contribution in [0.5, 0.6) is 0 Å². The number of alkyl carbamates (subject to hydrolysis) is 1. The van der Waals surface area contributed by atoms with E-state index in [1.165, 1.54) is 6.07 Å². The predicted molar refractivity (Wildman–Crippen MR) is 81.2 cm³/mol. The maximum Gasteiger partial charge on any atom is 0.407 e. The predicted octanol–water partition coefficient (Wildman–Crippen LogP) is 1.67. The summed E-state index contributed by atoms with van der Waals surface area (Å²) in [6.07, 6.45) is -3.26. The molecule has 0 aliphatic carbocycles. The Hall–Kier alpha value is -1.64. The van der Waals surface area contributed by atoms with Gasteiger partial charge in [-0.3, -0.25) is 0 Å². The fraction of sp³-hybridized carbons (Fsp3) is 0.571. The fourth-order valence-corrected chi connectivity index (χ4v) is 2.74. The lowest BCUT2D eigenvalue weighted by Crippen LogP contribution is -2.38. The zero-order valence-corrected chi connectivity index (χ0v) is 13.7. The normalized spacial score (nSPS) is 14.3. The molecule has 1 aromatic heterocycles. The summed E-state index contributed by atoms with van der Waals surface area (Å²) in [6.45, 7) is 6.56. The fourth-order valence-electron chi connectivity index (χ4n) is 1.68. The van der Waals surface area contributed by atoms with Crippen LogP contribution in [0, 0.1) is 6.92 Å². The lowest BCUT2D eigenvalue weighted by Gasteiger charge is -2.22. The molecule has 124 valence electrons. The average molecular weight is 331 g/mol. The summed E-state index contributed by atoms with van der Waals surface area (Å²) in [5.74, 6) is -1.09. The Balaban J connectivity index is 2.64. The second-order valence-corrected chi connectivity index (χ2v) is 6.94. The summed E-state index contributed by atoms with van der Waals surface area (Å²) in [6, 6.07) is 1.43. The van der Waals surface area contributed by atoms with Gasteiger partial charge in [-0.15, -0.1) is 11.3 Å². The quantitative estimate of drug-likeness (QED) is 0.652. The van der Waals surface area contributed by atoms with Crippen LogP contribution in [0.15, 0.2) is 6.07 Å². The molecule has 0 radical (unpaired) electrons. The van der Waals surface area contributed by atoms with Crippen LogP contribution >= 0.6 is 11.3 Å². The Morgan fingerprint density at radius 2 is 1.95 bits per heavy atom. The number of hydrogen-bond acceptors (Lipinski definition) is 6. The van der Waals surface area contributed by atoms with Crippen molar-refractivity contribution in [2.75, 3.05) is 6.54 Å². The van der Waals surface area contributed by atoms with Gasteiger partial charge in [0.25, 0.3) is 0 Å². The minimum Gasteiger partial charge on any atom is -0.477 e. The maximum absolute atomic E-state index is 11.5. The first-order valence-electron chi connectivity index (χ1n) is 6.68. The van der Waals surface area contributed by atoms with Crippen LogP contribution in [-0.4, -0.2) is 45.6 Å². The number of aliphatic hydroxyl groups excluding tert-OH is 2. The van der Waals surface area contributed by atoms with Crippen LogP contribution < -0.4 is 5.32 Å². The van der Waals surface area contributed by atoms with Crippen LogP contribution in [0.2, 0.25) is 0 Å². The second kappa shape index (κ2) is 7.08. The van der Waals surface area contributed by atoms with Crippen molar-refractivity contribution in [3.8, 4) is 0 Å². The molecule has 1 amide bonds. The number of rotatable bonds is 5. The van der Waals surface area contributed by atoms with Crippen molar-refractivity contribution in [3.05, 3.63) is 21.4 Å².